The van der Waals surface area contributed by atoms with Crippen LogP contribution in [-0.2, 0) is 6.54 Å². The summed E-state index contributed by atoms with van der Waals surface area (Å²) in [5, 5.41) is 17.0. The predicted octanol–water partition coefficient (Wildman–Crippen LogP) is 3.95. The van der Waals surface area contributed by atoms with Crippen LogP contribution in [-0.4, -0.2) is 44.4 Å². The molecule has 0 aliphatic rings. The van der Waals surface area contributed by atoms with Gasteiger partial charge in [0.05, 0.1) is 18.8 Å². The van der Waals surface area contributed by atoms with E-state index in [1.165, 1.54) is 0 Å². The van der Waals surface area contributed by atoms with Gasteiger partial charge in [-0.3, -0.25) is 0 Å². The van der Waals surface area contributed by atoms with Gasteiger partial charge in [-0.05, 0) is 56.2 Å². The standard InChI is InChI=1S/C23H34N4O2.HI/c1-6-24-23(25-15-18-9-7-11-20(13-18)27(4)5)26-16-22(28)19-10-8-12-21(14-19)29-17(2)3;/h7-14,17,22,28H,6,15-16H2,1-5H3,(H2,24,25,26);1H. The van der Waals surface area contributed by atoms with Crippen LogP contribution in [0, 0.1) is 0 Å². The number of nitrogens with one attached hydrogen (secondary N) is 2. The molecule has 1 atom stereocenters. The van der Waals surface area contributed by atoms with Gasteiger partial charge in [-0.1, -0.05) is 24.3 Å². The van der Waals surface area contributed by atoms with Crippen molar-refractivity contribution in [1.29, 1.82) is 0 Å². The zero-order chi connectivity index (χ0) is 21.2. The lowest BCUT2D eigenvalue weighted by Crippen LogP contribution is -2.39. The second kappa shape index (κ2) is 13.3. The van der Waals surface area contributed by atoms with E-state index in [0.29, 0.717) is 19.0 Å². The molecule has 0 aromatic heterocycles. The van der Waals surface area contributed by atoms with Crippen molar-refractivity contribution in [3.63, 3.8) is 0 Å². The highest BCUT2D eigenvalue weighted by Crippen LogP contribution is 2.20. The number of aliphatic hydroxyl groups is 1. The number of hydrogen-bond donors (Lipinski definition) is 3. The van der Waals surface area contributed by atoms with Crippen LogP contribution in [0.4, 0.5) is 5.69 Å². The molecular weight excluding hydrogens is 491 g/mol. The first-order valence-electron chi connectivity index (χ1n) is 10.1. The molecule has 2 rings (SSSR count). The van der Waals surface area contributed by atoms with Crippen molar-refractivity contribution < 1.29 is 9.84 Å². The molecule has 2 aromatic carbocycles. The van der Waals surface area contributed by atoms with E-state index >= 15 is 0 Å². The van der Waals surface area contributed by atoms with Gasteiger partial charge in [0, 0.05) is 32.9 Å². The maximum absolute atomic E-state index is 10.6. The molecule has 2 aromatic rings. The van der Waals surface area contributed by atoms with Gasteiger partial charge in [0.1, 0.15) is 5.75 Å². The van der Waals surface area contributed by atoms with Crippen LogP contribution in [0.25, 0.3) is 0 Å². The SMILES string of the molecule is CCNC(=NCc1cccc(N(C)C)c1)NCC(O)c1cccc(OC(C)C)c1.I. The Morgan fingerprint density at radius 3 is 2.50 bits per heavy atom. The quantitative estimate of drug-likeness (QED) is 0.263. The van der Waals surface area contributed by atoms with Crippen molar-refractivity contribution in [1.82, 2.24) is 10.6 Å². The Labute approximate surface area is 197 Å². The zero-order valence-electron chi connectivity index (χ0n) is 18.6. The van der Waals surface area contributed by atoms with Gasteiger partial charge in [0.25, 0.3) is 0 Å². The first-order valence-corrected chi connectivity index (χ1v) is 10.1. The smallest absolute Gasteiger partial charge is 0.191 e. The van der Waals surface area contributed by atoms with Crippen LogP contribution < -0.4 is 20.3 Å². The van der Waals surface area contributed by atoms with Gasteiger partial charge < -0.3 is 25.4 Å². The average Bonchev–Trinajstić information content (AvgIpc) is 2.69. The highest BCUT2D eigenvalue weighted by molar-refractivity contribution is 14.0. The summed E-state index contributed by atoms with van der Waals surface area (Å²) < 4.78 is 5.71. The molecule has 0 bridgehead atoms. The minimum Gasteiger partial charge on any atom is -0.491 e. The monoisotopic (exact) mass is 526 g/mol. The van der Waals surface area contributed by atoms with Gasteiger partial charge in [-0.2, -0.15) is 0 Å². The summed E-state index contributed by atoms with van der Waals surface area (Å²) in [7, 11) is 4.05. The number of rotatable bonds is 9. The Bertz CT molecular complexity index is 796. The van der Waals surface area contributed by atoms with Gasteiger partial charge in [0.15, 0.2) is 5.96 Å². The largest absolute Gasteiger partial charge is 0.491 e. The topological polar surface area (TPSA) is 69.1 Å². The zero-order valence-corrected chi connectivity index (χ0v) is 20.9. The number of ether oxygens (including phenoxy) is 1. The number of aliphatic imine (C=N–C) groups is 1. The molecule has 30 heavy (non-hydrogen) atoms. The molecule has 0 saturated heterocycles. The number of guanidine groups is 1. The number of halogens is 1. The fraction of sp³-hybridized carbons (Fsp3) is 0.435. The number of hydrogen-bond acceptors (Lipinski definition) is 4. The van der Waals surface area contributed by atoms with Crippen LogP contribution in [0.2, 0.25) is 0 Å². The molecule has 166 valence electrons. The highest BCUT2D eigenvalue weighted by Gasteiger charge is 2.10. The molecule has 1 unspecified atom stereocenters. The van der Waals surface area contributed by atoms with E-state index in [2.05, 4.69) is 38.7 Å². The van der Waals surface area contributed by atoms with Crippen LogP contribution >= 0.6 is 24.0 Å². The normalized spacial score (nSPS) is 12.2. The summed E-state index contributed by atoms with van der Waals surface area (Å²) in [5.41, 5.74) is 3.09. The lowest BCUT2D eigenvalue weighted by atomic mass is 10.1. The molecule has 0 saturated carbocycles. The average molecular weight is 526 g/mol. The summed E-state index contributed by atoms with van der Waals surface area (Å²) in [6.07, 6.45) is -0.564. The van der Waals surface area contributed by atoms with Crippen molar-refractivity contribution in [2.45, 2.75) is 39.5 Å². The lowest BCUT2D eigenvalue weighted by Gasteiger charge is -2.17. The van der Waals surface area contributed by atoms with E-state index in [-0.39, 0.29) is 30.1 Å². The van der Waals surface area contributed by atoms with E-state index in [1.54, 1.807) is 0 Å². The fourth-order valence-corrected chi connectivity index (χ4v) is 2.82. The summed E-state index contributed by atoms with van der Waals surface area (Å²) >= 11 is 0. The second-order valence-corrected chi connectivity index (χ2v) is 7.40. The Hall–Kier alpha value is -2.00. The van der Waals surface area contributed by atoms with Gasteiger partial charge >= 0.3 is 0 Å². The first kappa shape index (κ1) is 26.0. The van der Waals surface area contributed by atoms with Gasteiger partial charge in [0.2, 0.25) is 0 Å². The molecule has 0 heterocycles. The first-order chi connectivity index (χ1) is 13.9. The van der Waals surface area contributed by atoms with Gasteiger partial charge in [-0.25, -0.2) is 4.99 Å². The van der Waals surface area contributed by atoms with Crippen molar-refractivity contribution in [2.75, 3.05) is 32.1 Å². The number of nitrogens with zero attached hydrogens (tertiary/aromatic N) is 2. The predicted molar refractivity (Wildman–Crippen MR) is 136 cm³/mol. The third-order valence-electron chi connectivity index (χ3n) is 4.27. The van der Waals surface area contributed by atoms with Crippen LogP contribution in [0.5, 0.6) is 5.75 Å². The van der Waals surface area contributed by atoms with E-state index in [0.717, 1.165) is 29.1 Å². The third kappa shape index (κ3) is 8.79. The molecule has 0 spiro atoms. The maximum atomic E-state index is 10.6. The minimum atomic E-state index is -0.661. The molecular formula is C23H35IN4O2. The Morgan fingerprint density at radius 1 is 1.10 bits per heavy atom. The van der Waals surface area contributed by atoms with Crippen molar-refractivity contribution in [3.8, 4) is 5.75 Å². The minimum absolute atomic E-state index is 0. The highest BCUT2D eigenvalue weighted by atomic mass is 127. The molecule has 0 radical (unpaired) electrons. The van der Waals surface area contributed by atoms with Gasteiger partial charge in [-0.15, -0.1) is 24.0 Å². The summed E-state index contributed by atoms with van der Waals surface area (Å²) in [6, 6.07) is 15.9. The van der Waals surface area contributed by atoms with Crippen molar-refractivity contribution in [2.24, 2.45) is 4.99 Å². The lowest BCUT2D eigenvalue weighted by molar-refractivity contribution is 0.179. The molecule has 3 N–H and O–H groups in total. The summed E-state index contributed by atoms with van der Waals surface area (Å²) in [4.78, 5) is 6.72. The van der Waals surface area contributed by atoms with E-state index in [1.807, 2.05) is 65.2 Å². The number of anilines is 1. The Balaban J connectivity index is 0.00000450. The van der Waals surface area contributed by atoms with E-state index in [9.17, 15) is 5.11 Å². The number of benzene rings is 2. The fourth-order valence-electron chi connectivity index (χ4n) is 2.82. The van der Waals surface area contributed by atoms with E-state index < -0.39 is 6.10 Å². The Kier molecular flexibility index (Phi) is 11.6. The van der Waals surface area contributed by atoms with Crippen LogP contribution in [0.1, 0.15) is 38.0 Å². The number of aliphatic hydroxyl groups excluding tert-OH is 1. The third-order valence-corrected chi connectivity index (χ3v) is 4.27. The molecule has 6 nitrogen and oxygen atoms in total. The molecule has 0 aliphatic heterocycles. The van der Waals surface area contributed by atoms with Crippen LogP contribution in [0.3, 0.4) is 0 Å². The summed E-state index contributed by atoms with van der Waals surface area (Å²) in [5.74, 6) is 1.44. The van der Waals surface area contributed by atoms with Crippen molar-refractivity contribution >= 4 is 35.6 Å². The maximum Gasteiger partial charge on any atom is 0.191 e. The second-order valence-electron chi connectivity index (χ2n) is 7.40. The molecule has 7 heteroatoms. The molecule has 0 fully saturated rings. The summed E-state index contributed by atoms with van der Waals surface area (Å²) in [6.45, 7) is 7.65. The van der Waals surface area contributed by atoms with Crippen molar-refractivity contribution in [3.05, 3.63) is 59.7 Å². The molecule has 0 aliphatic carbocycles. The van der Waals surface area contributed by atoms with Crippen LogP contribution in [0.15, 0.2) is 53.5 Å². The van der Waals surface area contributed by atoms with E-state index in [4.69, 9.17) is 4.74 Å². The molecule has 0 amide bonds. The Morgan fingerprint density at radius 2 is 1.83 bits per heavy atom.